The van der Waals surface area contributed by atoms with E-state index in [-0.39, 0.29) is 0 Å². The number of aromatic nitrogens is 2. The van der Waals surface area contributed by atoms with Gasteiger partial charge in [0.15, 0.2) is 0 Å². The molecule has 0 amide bonds. The van der Waals surface area contributed by atoms with Crippen LogP contribution >= 0.6 is 0 Å². The van der Waals surface area contributed by atoms with Crippen molar-refractivity contribution in [1.82, 2.24) is 9.78 Å². The van der Waals surface area contributed by atoms with E-state index in [9.17, 15) is 0 Å². The molecule has 1 N–H and O–H groups in total. The Morgan fingerprint density at radius 1 is 1.41 bits per heavy atom. The van der Waals surface area contributed by atoms with E-state index >= 15 is 0 Å². The van der Waals surface area contributed by atoms with Crippen LogP contribution in [0.1, 0.15) is 32.6 Å². The van der Waals surface area contributed by atoms with Gasteiger partial charge in [-0.2, -0.15) is 5.10 Å². The summed E-state index contributed by atoms with van der Waals surface area (Å²) >= 11 is 0. The third-order valence-corrected chi connectivity index (χ3v) is 2.63. The van der Waals surface area contributed by atoms with Crippen LogP contribution in [0.15, 0.2) is 35.2 Å². The minimum atomic E-state index is 0.325. The maximum Gasteiger partial charge on any atom is 0.105 e. The third-order valence-electron chi connectivity index (χ3n) is 2.63. The molecule has 2 aromatic rings. The zero-order valence-corrected chi connectivity index (χ0v) is 10.6. The van der Waals surface area contributed by atoms with Crippen molar-refractivity contribution in [2.24, 2.45) is 0 Å². The van der Waals surface area contributed by atoms with E-state index in [1.807, 2.05) is 29.2 Å². The van der Waals surface area contributed by atoms with Gasteiger partial charge in [0.1, 0.15) is 5.76 Å². The summed E-state index contributed by atoms with van der Waals surface area (Å²) in [5.41, 5.74) is 1.05. The minimum absolute atomic E-state index is 0.325. The Labute approximate surface area is 102 Å². The highest BCUT2D eigenvalue weighted by Crippen LogP contribution is 2.13. The Morgan fingerprint density at radius 3 is 2.82 bits per heavy atom. The molecular formula is C13H19N3O. The second kappa shape index (κ2) is 5.08. The largest absolute Gasteiger partial charge is 0.469 e. The Balaban J connectivity index is 1.91. The summed E-state index contributed by atoms with van der Waals surface area (Å²) in [7, 11) is 0. The van der Waals surface area contributed by atoms with Gasteiger partial charge in [-0.1, -0.05) is 0 Å². The number of anilines is 1. The van der Waals surface area contributed by atoms with Crippen LogP contribution in [-0.2, 0) is 6.42 Å². The van der Waals surface area contributed by atoms with Crippen LogP contribution in [0.2, 0.25) is 0 Å². The second-order valence-electron chi connectivity index (χ2n) is 4.63. The van der Waals surface area contributed by atoms with Gasteiger partial charge in [0, 0.05) is 24.7 Å². The van der Waals surface area contributed by atoms with E-state index in [1.165, 1.54) is 0 Å². The van der Waals surface area contributed by atoms with Gasteiger partial charge in [0.2, 0.25) is 0 Å². The van der Waals surface area contributed by atoms with Crippen LogP contribution in [0.4, 0.5) is 5.69 Å². The van der Waals surface area contributed by atoms with Crippen LogP contribution in [0.3, 0.4) is 0 Å². The molecule has 0 aliphatic carbocycles. The number of furan rings is 1. The summed E-state index contributed by atoms with van der Waals surface area (Å²) in [5, 5.41) is 7.71. The fraction of sp³-hybridized carbons (Fsp3) is 0.462. The molecule has 0 saturated heterocycles. The normalized spacial score (nSPS) is 12.9. The van der Waals surface area contributed by atoms with E-state index in [0.717, 1.165) is 17.9 Å². The lowest BCUT2D eigenvalue weighted by Gasteiger charge is -2.11. The van der Waals surface area contributed by atoms with Gasteiger partial charge in [0.05, 0.1) is 18.1 Å². The first-order valence-corrected chi connectivity index (χ1v) is 5.98. The SMILES string of the molecule is CC(Cc1ccco1)Nc1cnn(C(C)C)c1. The first-order valence-electron chi connectivity index (χ1n) is 5.98. The average molecular weight is 233 g/mol. The van der Waals surface area contributed by atoms with Crippen molar-refractivity contribution in [2.75, 3.05) is 5.32 Å². The number of nitrogens with one attached hydrogen (secondary N) is 1. The standard InChI is InChI=1S/C13H19N3O/c1-10(2)16-9-12(8-14-16)15-11(3)7-13-5-4-6-17-13/h4-6,8-11,15H,7H2,1-3H3. The molecule has 4 nitrogen and oxygen atoms in total. The van der Waals surface area contributed by atoms with Crippen molar-refractivity contribution in [3.8, 4) is 0 Å². The molecule has 0 aliphatic heterocycles. The Hall–Kier alpha value is -1.71. The molecular weight excluding hydrogens is 214 g/mol. The molecule has 0 bridgehead atoms. The summed E-state index contributed by atoms with van der Waals surface area (Å²) in [6.45, 7) is 6.36. The molecule has 0 saturated carbocycles. The smallest absolute Gasteiger partial charge is 0.105 e. The van der Waals surface area contributed by atoms with E-state index in [1.54, 1.807) is 6.26 Å². The molecule has 4 heteroatoms. The fourth-order valence-electron chi connectivity index (χ4n) is 1.76. The van der Waals surface area contributed by atoms with E-state index < -0.39 is 0 Å². The van der Waals surface area contributed by atoms with Gasteiger partial charge in [-0.25, -0.2) is 0 Å². The van der Waals surface area contributed by atoms with Crippen molar-refractivity contribution < 1.29 is 4.42 Å². The number of hydrogen-bond acceptors (Lipinski definition) is 3. The van der Waals surface area contributed by atoms with Crippen molar-refractivity contribution in [2.45, 2.75) is 39.3 Å². The topological polar surface area (TPSA) is 43.0 Å². The van der Waals surface area contributed by atoms with Crippen molar-refractivity contribution in [3.63, 3.8) is 0 Å². The summed E-state index contributed by atoms with van der Waals surface area (Å²) in [6.07, 6.45) is 6.47. The van der Waals surface area contributed by atoms with E-state index in [0.29, 0.717) is 12.1 Å². The lowest BCUT2D eigenvalue weighted by Crippen LogP contribution is -2.17. The van der Waals surface area contributed by atoms with Crippen LogP contribution in [-0.4, -0.2) is 15.8 Å². The highest BCUT2D eigenvalue weighted by atomic mass is 16.3. The monoisotopic (exact) mass is 233 g/mol. The molecule has 0 aromatic carbocycles. The molecule has 2 heterocycles. The lowest BCUT2D eigenvalue weighted by atomic mass is 10.2. The molecule has 1 unspecified atom stereocenters. The Kier molecular flexibility index (Phi) is 3.52. The van der Waals surface area contributed by atoms with Crippen LogP contribution in [0, 0.1) is 0 Å². The van der Waals surface area contributed by atoms with Gasteiger partial charge < -0.3 is 9.73 Å². The van der Waals surface area contributed by atoms with Crippen molar-refractivity contribution in [3.05, 3.63) is 36.5 Å². The first-order chi connectivity index (χ1) is 8.15. The predicted octanol–water partition coefficient (Wildman–Crippen LogP) is 3.10. The maximum atomic E-state index is 5.32. The number of nitrogens with zero attached hydrogens (tertiary/aromatic N) is 2. The quantitative estimate of drug-likeness (QED) is 0.863. The minimum Gasteiger partial charge on any atom is -0.469 e. The summed E-state index contributed by atoms with van der Waals surface area (Å²) in [4.78, 5) is 0. The van der Waals surface area contributed by atoms with Gasteiger partial charge in [0.25, 0.3) is 0 Å². The zero-order chi connectivity index (χ0) is 12.3. The van der Waals surface area contributed by atoms with Gasteiger partial charge in [-0.3, -0.25) is 4.68 Å². The number of rotatable bonds is 5. The second-order valence-corrected chi connectivity index (χ2v) is 4.63. The molecule has 0 fully saturated rings. The molecule has 17 heavy (non-hydrogen) atoms. The van der Waals surface area contributed by atoms with E-state index in [4.69, 9.17) is 4.42 Å². The fourth-order valence-corrected chi connectivity index (χ4v) is 1.76. The Bertz CT molecular complexity index is 445. The summed E-state index contributed by atoms with van der Waals surface area (Å²) in [6, 6.07) is 4.63. The van der Waals surface area contributed by atoms with Gasteiger partial charge >= 0.3 is 0 Å². The lowest BCUT2D eigenvalue weighted by molar-refractivity contribution is 0.497. The van der Waals surface area contributed by atoms with Gasteiger partial charge in [-0.15, -0.1) is 0 Å². The van der Waals surface area contributed by atoms with Crippen LogP contribution in [0.5, 0.6) is 0 Å². The highest BCUT2D eigenvalue weighted by Gasteiger charge is 2.07. The molecule has 2 aromatic heterocycles. The molecule has 2 rings (SSSR count). The number of hydrogen-bond donors (Lipinski definition) is 1. The first kappa shape index (κ1) is 11.8. The third kappa shape index (κ3) is 3.12. The molecule has 1 atom stereocenters. The van der Waals surface area contributed by atoms with Crippen molar-refractivity contribution >= 4 is 5.69 Å². The molecule has 0 spiro atoms. The predicted molar refractivity (Wildman–Crippen MR) is 68.1 cm³/mol. The van der Waals surface area contributed by atoms with Gasteiger partial charge in [-0.05, 0) is 32.9 Å². The summed E-state index contributed by atoms with van der Waals surface area (Å²) < 4.78 is 7.27. The zero-order valence-electron chi connectivity index (χ0n) is 10.6. The summed E-state index contributed by atoms with van der Waals surface area (Å²) in [5.74, 6) is 1.00. The van der Waals surface area contributed by atoms with Crippen molar-refractivity contribution in [1.29, 1.82) is 0 Å². The van der Waals surface area contributed by atoms with Crippen LogP contribution < -0.4 is 5.32 Å². The van der Waals surface area contributed by atoms with Crippen LogP contribution in [0.25, 0.3) is 0 Å². The molecule has 0 radical (unpaired) electrons. The average Bonchev–Trinajstić information content (AvgIpc) is 2.88. The maximum absolute atomic E-state index is 5.32. The molecule has 0 aliphatic rings. The highest BCUT2D eigenvalue weighted by molar-refractivity contribution is 5.39. The molecule has 92 valence electrons. The Morgan fingerprint density at radius 2 is 2.24 bits per heavy atom. The van der Waals surface area contributed by atoms with E-state index in [2.05, 4.69) is 31.2 Å².